The van der Waals surface area contributed by atoms with Crippen molar-refractivity contribution < 1.29 is 0 Å². The maximum absolute atomic E-state index is 2.28. The van der Waals surface area contributed by atoms with Gasteiger partial charge in [-0.3, -0.25) is 0 Å². The summed E-state index contributed by atoms with van der Waals surface area (Å²) in [5.41, 5.74) is 4.49. The first-order chi connectivity index (χ1) is 8.33. The van der Waals surface area contributed by atoms with Crippen LogP contribution in [0.5, 0.6) is 0 Å². The van der Waals surface area contributed by atoms with Gasteiger partial charge in [0.05, 0.1) is 0 Å². The summed E-state index contributed by atoms with van der Waals surface area (Å²) in [4.78, 5) is 2.92. The van der Waals surface area contributed by atoms with E-state index in [0.717, 1.165) is 6.42 Å². The van der Waals surface area contributed by atoms with E-state index in [1.807, 2.05) is 11.3 Å². The van der Waals surface area contributed by atoms with Gasteiger partial charge < -0.3 is 0 Å². The molecule has 86 valence electrons. The molecule has 1 aromatic carbocycles. The first-order valence-corrected chi connectivity index (χ1v) is 6.97. The van der Waals surface area contributed by atoms with Crippen molar-refractivity contribution in [2.75, 3.05) is 0 Å². The standard InChI is InChI=1S/C16H16S/c1-12-8-10-15(17-12)11-9-14-5-2-4-13-6-3-7-16(13)14/h2-6,8,10H,7,9,11H2,1H3. The summed E-state index contributed by atoms with van der Waals surface area (Å²) in [5.74, 6) is 0. The van der Waals surface area contributed by atoms with E-state index < -0.39 is 0 Å². The van der Waals surface area contributed by atoms with E-state index in [9.17, 15) is 0 Å². The first kappa shape index (κ1) is 10.8. The minimum absolute atomic E-state index is 1.12. The van der Waals surface area contributed by atoms with Crippen molar-refractivity contribution in [2.24, 2.45) is 0 Å². The van der Waals surface area contributed by atoms with Gasteiger partial charge in [-0.05, 0) is 55.0 Å². The van der Waals surface area contributed by atoms with Crippen LogP contribution < -0.4 is 0 Å². The molecular formula is C16H16S. The summed E-state index contributed by atoms with van der Waals surface area (Å²) in [6.07, 6.45) is 7.98. The molecule has 0 spiro atoms. The third-order valence-corrected chi connectivity index (χ3v) is 4.43. The Kier molecular flexibility index (Phi) is 2.86. The third kappa shape index (κ3) is 2.20. The van der Waals surface area contributed by atoms with Crippen LogP contribution in [0.25, 0.3) is 6.08 Å². The van der Waals surface area contributed by atoms with Gasteiger partial charge in [-0.2, -0.15) is 0 Å². The zero-order valence-corrected chi connectivity index (χ0v) is 10.9. The molecule has 0 unspecified atom stereocenters. The van der Waals surface area contributed by atoms with Gasteiger partial charge >= 0.3 is 0 Å². The average Bonchev–Trinajstić information content (AvgIpc) is 2.94. The molecule has 0 amide bonds. The maximum atomic E-state index is 2.28. The molecule has 1 aliphatic rings. The molecule has 1 heteroatoms. The van der Waals surface area contributed by atoms with E-state index in [1.165, 1.54) is 33.7 Å². The fraction of sp³-hybridized carbons (Fsp3) is 0.250. The van der Waals surface area contributed by atoms with Crippen molar-refractivity contribution in [1.29, 1.82) is 0 Å². The van der Waals surface area contributed by atoms with Crippen molar-refractivity contribution in [3.63, 3.8) is 0 Å². The van der Waals surface area contributed by atoms with Gasteiger partial charge in [-0.1, -0.05) is 30.4 Å². The molecular weight excluding hydrogens is 224 g/mol. The fourth-order valence-electron chi connectivity index (χ4n) is 2.47. The Balaban J connectivity index is 1.76. The van der Waals surface area contributed by atoms with Gasteiger partial charge in [0.2, 0.25) is 0 Å². The van der Waals surface area contributed by atoms with Crippen LogP contribution in [0.15, 0.2) is 36.4 Å². The van der Waals surface area contributed by atoms with Crippen LogP contribution in [0.3, 0.4) is 0 Å². The highest BCUT2D eigenvalue weighted by Crippen LogP contribution is 2.25. The topological polar surface area (TPSA) is 0 Å². The Morgan fingerprint density at radius 2 is 2.06 bits per heavy atom. The monoisotopic (exact) mass is 240 g/mol. The van der Waals surface area contributed by atoms with Crippen LogP contribution in [-0.2, 0) is 19.3 Å². The number of aryl methyl sites for hydroxylation is 3. The molecule has 1 aromatic heterocycles. The minimum atomic E-state index is 1.12. The molecule has 1 aliphatic carbocycles. The largest absolute Gasteiger partial charge is 0.146 e. The van der Waals surface area contributed by atoms with E-state index in [0.29, 0.717) is 0 Å². The van der Waals surface area contributed by atoms with Gasteiger partial charge in [0.1, 0.15) is 0 Å². The fourth-order valence-corrected chi connectivity index (χ4v) is 3.36. The second kappa shape index (κ2) is 4.50. The summed E-state index contributed by atoms with van der Waals surface area (Å²) in [6.45, 7) is 2.18. The van der Waals surface area contributed by atoms with Crippen LogP contribution in [0.2, 0.25) is 0 Å². The lowest BCUT2D eigenvalue weighted by atomic mass is 9.99. The smallest absolute Gasteiger partial charge is 0.00513 e. The highest BCUT2D eigenvalue weighted by molar-refractivity contribution is 7.11. The molecule has 0 N–H and O–H groups in total. The van der Waals surface area contributed by atoms with Crippen LogP contribution in [0, 0.1) is 6.92 Å². The highest BCUT2D eigenvalue weighted by atomic mass is 32.1. The van der Waals surface area contributed by atoms with Crippen molar-refractivity contribution in [2.45, 2.75) is 26.2 Å². The van der Waals surface area contributed by atoms with Crippen molar-refractivity contribution >= 4 is 17.4 Å². The van der Waals surface area contributed by atoms with Gasteiger partial charge in [0.25, 0.3) is 0 Å². The Morgan fingerprint density at radius 3 is 2.88 bits per heavy atom. The van der Waals surface area contributed by atoms with Gasteiger partial charge in [-0.25, -0.2) is 0 Å². The molecule has 0 saturated heterocycles. The molecule has 1 heterocycles. The van der Waals surface area contributed by atoms with Crippen molar-refractivity contribution in [3.8, 4) is 0 Å². The lowest BCUT2D eigenvalue weighted by Gasteiger charge is -2.07. The molecule has 0 atom stereocenters. The van der Waals surface area contributed by atoms with Crippen LogP contribution >= 0.6 is 11.3 Å². The number of benzene rings is 1. The van der Waals surface area contributed by atoms with Gasteiger partial charge in [-0.15, -0.1) is 11.3 Å². The quantitative estimate of drug-likeness (QED) is 0.745. The van der Waals surface area contributed by atoms with Crippen molar-refractivity contribution in [3.05, 3.63) is 62.9 Å². The SMILES string of the molecule is Cc1ccc(CCc2cccc3c2CC=C3)s1. The number of rotatable bonds is 3. The number of thiophene rings is 1. The predicted octanol–water partition coefficient (Wildman–Crippen LogP) is 4.41. The number of hydrogen-bond acceptors (Lipinski definition) is 1. The molecule has 17 heavy (non-hydrogen) atoms. The second-order valence-electron chi connectivity index (χ2n) is 4.60. The lowest BCUT2D eigenvalue weighted by molar-refractivity contribution is 0.960. The summed E-state index contributed by atoms with van der Waals surface area (Å²) in [7, 11) is 0. The molecule has 0 nitrogen and oxygen atoms in total. The minimum Gasteiger partial charge on any atom is -0.146 e. The van der Waals surface area contributed by atoms with E-state index in [-0.39, 0.29) is 0 Å². The van der Waals surface area contributed by atoms with Gasteiger partial charge in [0.15, 0.2) is 0 Å². The van der Waals surface area contributed by atoms with Crippen molar-refractivity contribution in [1.82, 2.24) is 0 Å². The Morgan fingerprint density at radius 1 is 1.12 bits per heavy atom. The van der Waals surface area contributed by atoms with Crippen LogP contribution in [0.4, 0.5) is 0 Å². The Labute approximate surface area is 107 Å². The van der Waals surface area contributed by atoms with E-state index in [2.05, 4.69) is 49.4 Å². The Bertz CT molecular complexity index is 561. The van der Waals surface area contributed by atoms with E-state index in [1.54, 1.807) is 5.56 Å². The number of hydrogen-bond donors (Lipinski definition) is 0. The molecule has 2 aromatic rings. The number of fused-ring (bicyclic) bond motifs is 1. The zero-order chi connectivity index (χ0) is 11.7. The normalized spacial score (nSPS) is 13.0. The highest BCUT2D eigenvalue weighted by Gasteiger charge is 2.09. The van der Waals surface area contributed by atoms with E-state index >= 15 is 0 Å². The second-order valence-corrected chi connectivity index (χ2v) is 5.98. The zero-order valence-electron chi connectivity index (χ0n) is 10.1. The summed E-state index contributed by atoms with van der Waals surface area (Å²) >= 11 is 1.92. The number of allylic oxidation sites excluding steroid dienone is 1. The molecule has 0 aliphatic heterocycles. The van der Waals surface area contributed by atoms with Gasteiger partial charge in [0, 0.05) is 9.75 Å². The molecule has 3 rings (SSSR count). The summed E-state index contributed by atoms with van der Waals surface area (Å²) in [5, 5.41) is 0. The van der Waals surface area contributed by atoms with Crippen LogP contribution in [-0.4, -0.2) is 0 Å². The van der Waals surface area contributed by atoms with Crippen LogP contribution in [0.1, 0.15) is 26.4 Å². The first-order valence-electron chi connectivity index (χ1n) is 6.15. The summed E-state index contributed by atoms with van der Waals surface area (Å²) in [6, 6.07) is 11.2. The predicted molar refractivity (Wildman–Crippen MR) is 75.6 cm³/mol. The van der Waals surface area contributed by atoms with E-state index in [4.69, 9.17) is 0 Å². The molecule has 0 saturated carbocycles. The third-order valence-electron chi connectivity index (χ3n) is 3.37. The maximum Gasteiger partial charge on any atom is 0.00513 e. The lowest BCUT2D eigenvalue weighted by Crippen LogP contribution is -1.95. The molecule has 0 fully saturated rings. The molecule has 0 bridgehead atoms. The summed E-state index contributed by atoms with van der Waals surface area (Å²) < 4.78 is 0. The average molecular weight is 240 g/mol. The Hall–Kier alpha value is -1.34. The molecule has 0 radical (unpaired) electrons.